The van der Waals surface area contributed by atoms with E-state index in [4.69, 9.17) is 22.1 Å². The molecule has 0 bridgehead atoms. The SMILES string of the molecule is NC(=O)c1ccc(OC[C@@H]2CNCC[C@H]2c2ccccc2)c(Cl)c1. The number of piperidine rings is 1. The van der Waals surface area contributed by atoms with E-state index in [1.54, 1.807) is 18.2 Å². The van der Waals surface area contributed by atoms with E-state index in [0.29, 0.717) is 34.8 Å². The summed E-state index contributed by atoms with van der Waals surface area (Å²) in [6.45, 7) is 2.50. The average Bonchev–Trinajstić information content (AvgIpc) is 2.61. The summed E-state index contributed by atoms with van der Waals surface area (Å²) >= 11 is 6.20. The van der Waals surface area contributed by atoms with Crippen LogP contribution < -0.4 is 15.8 Å². The smallest absolute Gasteiger partial charge is 0.248 e. The maximum absolute atomic E-state index is 11.2. The number of halogens is 1. The number of hydrogen-bond donors (Lipinski definition) is 2. The first-order valence-corrected chi connectivity index (χ1v) is 8.51. The molecule has 1 saturated heterocycles. The Morgan fingerprint density at radius 3 is 2.75 bits per heavy atom. The van der Waals surface area contributed by atoms with Crippen molar-refractivity contribution in [2.75, 3.05) is 19.7 Å². The summed E-state index contributed by atoms with van der Waals surface area (Å²) in [4.78, 5) is 11.2. The molecule has 4 nitrogen and oxygen atoms in total. The molecule has 1 amide bonds. The number of nitrogens with one attached hydrogen (secondary N) is 1. The predicted octanol–water partition coefficient (Wildman–Crippen LogP) is 3.21. The van der Waals surface area contributed by atoms with Gasteiger partial charge in [0.15, 0.2) is 0 Å². The lowest BCUT2D eigenvalue weighted by Crippen LogP contribution is -2.38. The van der Waals surface area contributed by atoms with Crippen molar-refractivity contribution in [3.05, 3.63) is 64.7 Å². The highest BCUT2D eigenvalue weighted by atomic mass is 35.5. The van der Waals surface area contributed by atoms with Gasteiger partial charge in [-0.15, -0.1) is 0 Å². The molecule has 1 aliphatic heterocycles. The van der Waals surface area contributed by atoms with Gasteiger partial charge in [-0.05, 0) is 42.6 Å². The molecule has 0 saturated carbocycles. The zero-order valence-corrected chi connectivity index (χ0v) is 14.1. The highest BCUT2D eigenvalue weighted by Crippen LogP contribution is 2.32. The predicted molar refractivity (Wildman–Crippen MR) is 95.6 cm³/mol. The number of amides is 1. The van der Waals surface area contributed by atoms with E-state index in [1.807, 2.05) is 6.07 Å². The van der Waals surface area contributed by atoms with Gasteiger partial charge in [-0.2, -0.15) is 0 Å². The van der Waals surface area contributed by atoms with Gasteiger partial charge in [0.05, 0.1) is 11.6 Å². The number of ether oxygens (including phenoxy) is 1. The van der Waals surface area contributed by atoms with E-state index in [1.165, 1.54) is 5.56 Å². The molecule has 2 atom stereocenters. The van der Waals surface area contributed by atoms with Crippen molar-refractivity contribution in [2.45, 2.75) is 12.3 Å². The van der Waals surface area contributed by atoms with Gasteiger partial charge >= 0.3 is 0 Å². The molecular weight excluding hydrogens is 324 g/mol. The highest BCUT2D eigenvalue weighted by molar-refractivity contribution is 6.32. The lowest BCUT2D eigenvalue weighted by molar-refractivity contribution is 0.1000. The first kappa shape index (κ1) is 16.8. The third-order valence-corrected chi connectivity index (χ3v) is 4.80. The summed E-state index contributed by atoms with van der Waals surface area (Å²) < 4.78 is 5.94. The van der Waals surface area contributed by atoms with Crippen LogP contribution in [0.1, 0.15) is 28.3 Å². The first-order chi connectivity index (χ1) is 11.6. The molecule has 2 aromatic rings. The summed E-state index contributed by atoms with van der Waals surface area (Å²) in [5.41, 5.74) is 6.99. The Kier molecular flexibility index (Phi) is 5.38. The molecule has 1 fully saturated rings. The van der Waals surface area contributed by atoms with Crippen molar-refractivity contribution >= 4 is 17.5 Å². The van der Waals surface area contributed by atoms with E-state index in [-0.39, 0.29) is 0 Å². The maximum Gasteiger partial charge on any atom is 0.248 e. The van der Waals surface area contributed by atoms with Crippen LogP contribution in [0.5, 0.6) is 5.75 Å². The molecule has 3 N–H and O–H groups in total. The fraction of sp³-hybridized carbons (Fsp3) is 0.316. The fourth-order valence-electron chi connectivity index (χ4n) is 3.21. The molecule has 1 heterocycles. The van der Waals surface area contributed by atoms with Crippen LogP contribution in [-0.4, -0.2) is 25.6 Å². The molecule has 0 aliphatic carbocycles. The van der Waals surface area contributed by atoms with Gasteiger partial charge in [-0.25, -0.2) is 0 Å². The third-order valence-electron chi connectivity index (χ3n) is 4.50. The molecule has 2 aromatic carbocycles. The second-order valence-corrected chi connectivity index (χ2v) is 6.50. The zero-order chi connectivity index (χ0) is 16.9. The van der Waals surface area contributed by atoms with E-state index >= 15 is 0 Å². The number of carbonyl (C=O) groups excluding carboxylic acids is 1. The molecule has 24 heavy (non-hydrogen) atoms. The van der Waals surface area contributed by atoms with E-state index in [9.17, 15) is 4.79 Å². The van der Waals surface area contributed by atoms with Crippen molar-refractivity contribution in [1.82, 2.24) is 5.32 Å². The molecular formula is C19H21ClN2O2. The van der Waals surface area contributed by atoms with Crippen LogP contribution in [0.3, 0.4) is 0 Å². The quantitative estimate of drug-likeness (QED) is 0.875. The van der Waals surface area contributed by atoms with Crippen LogP contribution in [-0.2, 0) is 0 Å². The van der Waals surface area contributed by atoms with Gasteiger partial charge in [-0.1, -0.05) is 41.9 Å². The summed E-state index contributed by atoms with van der Waals surface area (Å²) in [7, 11) is 0. The van der Waals surface area contributed by atoms with Gasteiger partial charge in [0, 0.05) is 18.0 Å². The standard InChI is InChI=1S/C19H21ClN2O2/c20-17-10-14(19(21)23)6-7-18(17)24-12-15-11-22-9-8-16(15)13-4-2-1-3-5-13/h1-7,10,15-16,22H,8-9,11-12H2,(H2,21,23)/t15-,16-/m0/s1. The Morgan fingerprint density at radius 1 is 1.25 bits per heavy atom. The summed E-state index contributed by atoms with van der Waals surface area (Å²) in [5, 5.41) is 3.84. The molecule has 0 radical (unpaired) electrons. The topological polar surface area (TPSA) is 64.4 Å². The van der Waals surface area contributed by atoms with Gasteiger partial charge < -0.3 is 15.8 Å². The Morgan fingerprint density at radius 2 is 2.04 bits per heavy atom. The van der Waals surface area contributed by atoms with Crippen molar-refractivity contribution in [3.63, 3.8) is 0 Å². The molecule has 5 heteroatoms. The van der Waals surface area contributed by atoms with Crippen LogP contribution in [0.2, 0.25) is 5.02 Å². The number of rotatable bonds is 5. The number of hydrogen-bond acceptors (Lipinski definition) is 3. The minimum Gasteiger partial charge on any atom is -0.492 e. The van der Waals surface area contributed by atoms with Gasteiger partial charge in [0.25, 0.3) is 0 Å². The largest absolute Gasteiger partial charge is 0.492 e. The highest BCUT2D eigenvalue weighted by Gasteiger charge is 2.27. The second-order valence-electron chi connectivity index (χ2n) is 6.09. The summed E-state index contributed by atoms with van der Waals surface area (Å²) in [6, 6.07) is 15.4. The molecule has 0 aromatic heterocycles. The Hall–Kier alpha value is -2.04. The summed E-state index contributed by atoms with van der Waals surface area (Å²) in [6.07, 6.45) is 1.09. The van der Waals surface area contributed by atoms with Crippen LogP contribution in [0.25, 0.3) is 0 Å². The molecule has 0 unspecified atom stereocenters. The minimum absolute atomic E-state index is 0.369. The van der Waals surface area contributed by atoms with E-state index in [2.05, 4.69) is 29.6 Å². The van der Waals surface area contributed by atoms with Crippen LogP contribution in [0, 0.1) is 5.92 Å². The van der Waals surface area contributed by atoms with Gasteiger partial charge in [-0.3, -0.25) is 4.79 Å². The number of primary amides is 1. The number of carbonyl (C=O) groups is 1. The average molecular weight is 345 g/mol. The number of benzene rings is 2. The van der Waals surface area contributed by atoms with Crippen molar-refractivity contribution in [2.24, 2.45) is 11.7 Å². The number of nitrogens with two attached hydrogens (primary N) is 1. The minimum atomic E-state index is -0.496. The third kappa shape index (κ3) is 3.89. The van der Waals surface area contributed by atoms with E-state index in [0.717, 1.165) is 19.5 Å². The zero-order valence-electron chi connectivity index (χ0n) is 13.4. The van der Waals surface area contributed by atoms with Crippen LogP contribution in [0.4, 0.5) is 0 Å². The van der Waals surface area contributed by atoms with Crippen LogP contribution in [0.15, 0.2) is 48.5 Å². The Bertz CT molecular complexity index is 706. The molecule has 3 rings (SSSR count). The lowest BCUT2D eigenvalue weighted by atomic mass is 9.81. The molecule has 0 spiro atoms. The summed E-state index contributed by atoms with van der Waals surface area (Å²) in [5.74, 6) is 0.923. The Labute approximate surface area is 147 Å². The Balaban J connectivity index is 1.69. The molecule has 1 aliphatic rings. The van der Waals surface area contributed by atoms with Gasteiger partial charge in [0.1, 0.15) is 5.75 Å². The second kappa shape index (κ2) is 7.69. The van der Waals surface area contributed by atoms with Gasteiger partial charge in [0.2, 0.25) is 5.91 Å². The normalized spacial score (nSPS) is 20.5. The van der Waals surface area contributed by atoms with Crippen molar-refractivity contribution < 1.29 is 9.53 Å². The molecule has 126 valence electrons. The monoisotopic (exact) mass is 344 g/mol. The fourth-order valence-corrected chi connectivity index (χ4v) is 3.44. The lowest BCUT2D eigenvalue weighted by Gasteiger charge is -2.32. The van der Waals surface area contributed by atoms with E-state index < -0.39 is 5.91 Å². The maximum atomic E-state index is 11.2. The first-order valence-electron chi connectivity index (χ1n) is 8.13. The van der Waals surface area contributed by atoms with Crippen molar-refractivity contribution in [3.8, 4) is 5.75 Å². The van der Waals surface area contributed by atoms with Crippen molar-refractivity contribution in [1.29, 1.82) is 0 Å². The van der Waals surface area contributed by atoms with Crippen LogP contribution >= 0.6 is 11.6 Å².